The highest BCUT2D eigenvalue weighted by atomic mass is 19.1. The van der Waals surface area contributed by atoms with E-state index in [2.05, 4.69) is 32.9 Å². The molecule has 0 saturated heterocycles. The normalized spacial score (nSPS) is 12.5. The zero-order chi connectivity index (χ0) is 16.2. The van der Waals surface area contributed by atoms with Crippen LogP contribution in [0.2, 0.25) is 0 Å². The Morgan fingerprint density at radius 1 is 1.14 bits per heavy atom. The standard InChI is InChI=1S/C19H20FNO/c1-19(2,3)17(14-7-5-4-6-8-14)13-22-16-10-9-15(12-21)18(20)11-16/h4-11,17H,13H2,1-3H3. The van der Waals surface area contributed by atoms with Crippen molar-refractivity contribution in [2.75, 3.05) is 6.61 Å². The molecular formula is C19H20FNO. The average molecular weight is 297 g/mol. The molecule has 3 heteroatoms. The van der Waals surface area contributed by atoms with Crippen molar-refractivity contribution < 1.29 is 9.13 Å². The van der Waals surface area contributed by atoms with Gasteiger partial charge in [-0.1, -0.05) is 51.1 Å². The van der Waals surface area contributed by atoms with Gasteiger partial charge in [0.25, 0.3) is 0 Å². The zero-order valence-corrected chi connectivity index (χ0v) is 13.1. The molecule has 2 aromatic rings. The van der Waals surface area contributed by atoms with Crippen LogP contribution in [0, 0.1) is 22.6 Å². The number of hydrogen-bond acceptors (Lipinski definition) is 2. The molecule has 0 heterocycles. The van der Waals surface area contributed by atoms with Crippen LogP contribution in [0.3, 0.4) is 0 Å². The van der Waals surface area contributed by atoms with E-state index in [1.54, 1.807) is 12.1 Å². The topological polar surface area (TPSA) is 33.0 Å². The molecule has 0 radical (unpaired) electrons. The van der Waals surface area contributed by atoms with E-state index >= 15 is 0 Å². The Labute approximate surface area is 131 Å². The van der Waals surface area contributed by atoms with Crippen LogP contribution in [0.1, 0.15) is 37.8 Å². The van der Waals surface area contributed by atoms with E-state index in [0.717, 1.165) is 0 Å². The van der Waals surface area contributed by atoms with E-state index in [4.69, 9.17) is 10.00 Å². The van der Waals surface area contributed by atoms with Crippen molar-refractivity contribution in [3.8, 4) is 11.8 Å². The molecule has 0 bridgehead atoms. The van der Waals surface area contributed by atoms with Gasteiger partial charge in [0.15, 0.2) is 0 Å². The first-order valence-electron chi connectivity index (χ1n) is 7.29. The third-order valence-corrected chi connectivity index (χ3v) is 3.72. The van der Waals surface area contributed by atoms with E-state index in [-0.39, 0.29) is 16.9 Å². The van der Waals surface area contributed by atoms with Crippen LogP contribution in [0.5, 0.6) is 5.75 Å². The molecule has 0 aliphatic rings. The fraction of sp³-hybridized carbons (Fsp3) is 0.316. The van der Waals surface area contributed by atoms with E-state index in [9.17, 15) is 4.39 Å². The number of halogens is 1. The molecule has 2 nitrogen and oxygen atoms in total. The van der Waals surface area contributed by atoms with E-state index in [1.807, 2.05) is 18.2 Å². The molecule has 0 amide bonds. The minimum atomic E-state index is -0.549. The minimum absolute atomic E-state index is 0.0203. The van der Waals surface area contributed by atoms with Crippen LogP contribution in [-0.2, 0) is 0 Å². The first kappa shape index (κ1) is 16.0. The second kappa shape index (κ2) is 6.62. The van der Waals surface area contributed by atoms with Gasteiger partial charge in [0.05, 0.1) is 12.2 Å². The fourth-order valence-corrected chi connectivity index (χ4v) is 2.39. The Morgan fingerprint density at radius 3 is 2.36 bits per heavy atom. The van der Waals surface area contributed by atoms with Crippen LogP contribution in [0.15, 0.2) is 48.5 Å². The van der Waals surface area contributed by atoms with Crippen LogP contribution < -0.4 is 4.74 Å². The first-order chi connectivity index (χ1) is 10.4. The van der Waals surface area contributed by atoms with Crippen molar-refractivity contribution in [1.82, 2.24) is 0 Å². The van der Waals surface area contributed by atoms with Gasteiger partial charge < -0.3 is 4.74 Å². The Kier molecular flexibility index (Phi) is 4.82. The Balaban J connectivity index is 2.16. The fourth-order valence-electron chi connectivity index (χ4n) is 2.39. The SMILES string of the molecule is CC(C)(C)C(COc1ccc(C#N)c(F)c1)c1ccccc1. The number of benzene rings is 2. The maximum Gasteiger partial charge on any atom is 0.144 e. The third kappa shape index (κ3) is 3.85. The lowest BCUT2D eigenvalue weighted by Gasteiger charge is -2.31. The summed E-state index contributed by atoms with van der Waals surface area (Å²) < 4.78 is 19.4. The average Bonchev–Trinajstić information content (AvgIpc) is 2.47. The van der Waals surface area contributed by atoms with Crippen LogP contribution in [0.25, 0.3) is 0 Å². The van der Waals surface area contributed by atoms with Gasteiger partial charge in [-0.3, -0.25) is 0 Å². The van der Waals surface area contributed by atoms with Gasteiger partial charge in [0.2, 0.25) is 0 Å². The number of ether oxygens (including phenoxy) is 1. The maximum atomic E-state index is 13.6. The van der Waals surface area contributed by atoms with Crippen molar-refractivity contribution >= 4 is 0 Å². The molecule has 0 aromatic heterocycles. The van der Waals surface area contributed by atoms with Gasteiger partial charge in [-0.25, -0.2) is 4.39 Å². The van der Waals surface area contributed by atoms with Crippen LogP contribution >= 0.6 is 0 Å². The minimum Gasteiger partial charge on any atom is -0.493 e. The summed E-state index contributed by atoms with van der Waals surface area (Å²) >= 11 is 0. The Hall–Kier alpha value is -2.34. The molecule has 0 saturated carbocycles. The molecule has 0 N–H and O–H groups in total. The van der Waals surface area contributed by atoms with Gasteiger partial charge >= 0.3 is 0 Å². The first-order valence-corrected chi connectivity index (χ1v) is 7.29. The molecule has 0 fully saturated rings. The second-order valence-corrected chi connectivity index (χ2v) is 6.39. The van der Waals surface area contributed by atoms with Crippen LogP contribution in [0.4, 0.5) is 4.39 Å². The lowest BCUT2D eigenvalue weighted by Crippen LogP contribution is -2.24. The molecule has 2 rings (SSSR count). The van der Waals surface area contributed by atoms with Gasteiger partial charge in [-0.2, -0.15) is 5.26 Å². The number of nitrogens with zero attached hydrogens (tertiary/aromatic N) is 1. The van der Waals surface area contributed by atoms with Crippen molar-refractivity contribution in [2.45, 2.75) is 26.7 Å². The summed E-state index contributed by atoms with van der Waals surface area (Å²) in [6.45, 7) is 6.94. The zero-order valence-electron chi connectivity index (χ0n) is 13.1. The molecule has 0 spiro atoms. The highest BCUT2D eigenvalue weighted by Crippen LogP contribution is 2.35. The Bertz CT molecular complexity index is 668. The van der Waals surface area contributed by atoms with Crippen molar-refractivity contribution in [2.24, 2.45) is 5.41 Å². The Morgan fingerprint density at radius 2 is 1.82 bits per heavy atom. The second-order valence-electron chi connectivity index (χ2n) is 6.39. The van der Waals surface area contributed by atoms with E-state index in [0.29, 0.717) is 12.4 Å². The third-order valence-electron chi connectivity index (χ3n) is 3.72. The number of hydrogen-bond donors (Lipinski definition) is 0. The number of nitriles is 1. The molecule has 0 aliphatic heterocycles. The smallest absolute Gasteiger partial charge is 0.144 e. The molecule has 22 heavy (non-hydrogen) atoms. The van der Waals surface area contributed by atoms with Crippen molar-refractivity contribution in [3.63, 3.8) is 0 Å². The van der Waals surface area contributed by atoms with Crippen molar-refractivity contribution in [3.05, 3.63) is 65.5 Å². The predicted octanol–water partition coefficient (Wildman–Crippen LogP) is 4.91. The van der Waals surface area contributed by atoms with Gasteiger partial charge in [0.1, 0.15) is 17.6 Å². The van der Waals surface area contributed by atoms with Gasteiger partial charge in [0, 0.05) is 12.0 Å². The quantitative estimate of drug-likeness (QED) is 0.803. The van der Waals surface area contributed by atoms with Gasteiger partial charge in [-0.05, 0) is 23.1 Å². The summed E-state index contributed by atoms with van der Waals surface area (Å²) in [5, 5.41) is 8.75. The lowest BCUT2D eigenvalue weighted by molar-refractivity contribution is 0.203. The highest BCUT2D eigenvalue weighted by molar-refractivity contribution is 5.36. The maximum absolute atomic E-state index is 13.6. The summed E-state index contributed by atoms with van der Waals surface area (Å²) in [4.78, 5) is 0. The summed E-state index contributed by atoms with van der Waals surface area (Å²) in [7, 11) is 0. The summed E-state index contributed by atoms with van der Waals surface area (Å²) in [6.07, 6.45) is 0. The number of rotatable bonds is 4. The summed E-state index contributed by atoms with van der Waals surface area (Å²) in [5.74, 6) is 0.0844. The van der Waals surface area contributed by atoms with Crippen molar-refractivity contribution in [1.29, 1.82) is 5.26 Å². The molecule has 0 aliphatic carbocycles. The lowest BCUT2D eigenvalue weighted by atomic mass is 9.77. The largest absolute Gasteiger partial charge is 0.493 e. The molecule has 1 unspecified atom stereocenters. The summed E-state index contributed by atoms with van der Waals surface area (Å²) in [5.41, 5.74) is 1.25. The molecular weight excluding hydrogens is 277 g/mol. The predicted molar refractivity (Wildman–Crippen MR) is 85.2 cm³/mol. The van der Waals surface area contributed by atoms with E-state index in [1.165, 1.54) is 17.7 Å². The monoisotopic (exact) mass is 297 g/mol. The van der Waals surface area contributed by atoms with Gasteiger partial charge in [-0.15, -0.1) is 0 Å². The van der Waals surface area contributed by atoms with Crippen LogP contribution in [-0.4, -0.2) is 6.61 Å². The molecule has 1 atom stereocenters. The van der Waals surface area contributed by atoms with E-state index < -0.39 is 5.82 Å². The molecule has 114 valence electrons. The highest BCUT2D eigenvalue weighted by Gasteiger charge is 2.27. The summed E-state index contributed by atoms with van der Waals surface area (Å²) in [6, 6.07) is 16.3. The molecule has 2 aromatic carbocycles.